The molecule has 0 unspecified atom stereocenters. The molecule has 1 N–H and O–H groups in total. The molecule has 0 spiro atoms. The Morgan fingerprint density at radius 1 is 1.37 bits per heavy atom. The number of amides is 1. The highest BCUT2D eigenvalue weighted by Crippen LogP contribution is 2.28. The van der Waals surface area contributed by atoms with Gasteiger partial charge in [0, 0.05) is 6.07 Å². The fourth-order valence-electron chi connectivity index (χ4n) is 1.31. The molecule has 0 saturated heterocycles. The lowest BCUT2D eigenvalue weighted by atomic mass is 10.2. The number of carbonyl (C=O) groups is 1. The number of halogens is 1. The molecule has 96 valence electrons. The summed E-state index contributed by atoms with van der Waals surface area (Å²) in [6.45, 7) is 0. The molecule has 1 amide bonds. The van der Waals surface area contributed by atoms with Crippen molar-refractivity contribution in [3.63, 3.8) is 0 Å². The van der Waals surface area contributed by atoms with Gasteiger partial charge in [-0.1, -0.05) is 6.07 Å². The number of nitro groups is 1. The van der Waals surface area contributed by atoms with Crippen LogP contribution in [-0.2, 0) is 0 Å². The van der Waals surface area contributed by atoms with Gasteiger partial charge in [-0.2, -0.15) is 5.10 Å². The van der Waals surface area contributed by atoms with Crippen molar-refractivity contribution in [3.05, 3.63) is 50.7 Å². The molecular formula is C10H6BrN5O3. The molecule has 0 saturated carbocycles. The summed E-state index contributed by atoms with van der Waals surface area (Å²) in [5, 5.41) is 20.3. The molecule has 0 fully saturated rings. The first-order valence-electron chi connectivity index (χ1n) is 4.97. The fraction of sp³-hybridized carbons (Fsp3) is 0. The molecule has 8 nitrogen and oxygen atoms in total. The van der Waals surface area contributed by atoms with Crippen LogP contribution in [0.1, 0.15) is 10.4 Å². The number of nitrogens with one attached hydrogen (secondary N) is 1. The van der Waals surface area contributed by atoms with Crippen LogP contribution in [-0.4, -0.2) is 26.0 Å². The van der Waals surface area contributed by atoms with Crippen LogP contribution in [0.25, 0.3) is 0 Å². The molecule has 0 aliphatic carbocycles. The monoisotopic (exact) mass is 323 g/mol. The molecule has 0 aliphatic rings. The van der Waals surface area contributed by atoms with Crippen LogP contribution < -0.4 is 5.32 Å². The molecule has 19 heavy (non-hydrogen) atoms. The minimum absolute atomic E-state index is 0.0194. The maximum absolute atomic E-state index is 11.9. The minimum atomic E-state index is -0.582. The second-order valence-corrected chi connectivity index (χ2v) is 4.11. The molecule has 0 radical (unpaired) electrons. The first kappa shape index (κ1) is 13.0. The Morgan fingerprint density at radius 3 is 2.79 bits per heavy atom. The number of benzene rings is 1. The lowest BCUT2D eigenvalue weighted by Gasteiger charge is -2.04. The van der Waals surface area contributed by atoms with E-state index in [1.165, 1.54) is 30.6 Å². The largest absolute Gasteiger partial charge is 0.289 e. The molecule has 0 atom stereocenters. The SMILES string of the molecule is O=C(Nc1nccnn1)c1cccc([N+](=O)[O-])c1Br. The van der Waals surface area contributed by atoms with Gasteiger partial charge in [-0.05, 0) is 22.0 Å². The van der Waals surface area contributed by atoms with E-state index in [9.17, 15) is 14.9 Å². The highest BCUT2D eigenvalue weighted by molar-refractivity contribution is 9.10. The fourth-order valence-corrected chi connectivity index (χ4v) is 1.90. The van der Waals surface area contributed by atoms with E-state index in [4.69, 9.17) is 0 Å². The number of rotatable bonds is 3. The van der Waals surface area contributed by atoms with Gasteiger partial charge in [0.1, 0.15) is 4.47 Å². The normalized spacial score (nSPS) is 9.95. The van der Waals surface area contributed by atoms with Crippen molar-refractivity contribution in [2.45, 2.75) is 0 Å². The van der Waals surface area contributed by atoms with Crippen molar-refractivity contribution in [1.82, 2.24) is 15.2 Å². The van der Waals surface area contributed by atoms with Crippen LogP contribution in [0.15, 0.2) is 35.1 Å². The van der Waals surface area contributed by atoms with E-state index in [2.05, 4.69) is 36.4 Å². The summed E-state index contributed by atoms with van der Waals surface area (Å²) < 4.78 is 0.0985. The van der Waals surface area contributed by atoms with Crippen LogP contribution in [0, 0.1) is 10.1 Å². The predicted octanol–water partition coefficient (Wildman–Crippen LogP) is 1.79. The summed E-state index contributed by atoms with van der Waals surface area (Å²) >= 11 is 3.04. The Labute approximate surface area is 115 Å². The van der Waals surface area contributed by atoms with Crippen molar-refractivity contribution in [1.29, 1.82) is 0 Å². The summed E-state index contributed by atoms with van der Waals surface area (Å²) in [7, 11) is 0. The zero-order chi connectivity index (χ0) is 13.8. The standard InChI is InChI=1S/C10H6BrN5O3/c11-8-6(2-1-3-7(8)16(18)19)9(17)14-10-12-4-5-13-15-10/h1-5H,(H,12,14,15,17). The van der Waals surface area contributed by atoms with Gasteiger partial charge in [0.15, 0.2) is 0 Å². The Hall–Kier alpha value is -2.42. The second-order valence-electron chi connectivity index (χ2n) is 3.32. The zero-order valence-electron chi connectivity index (χ0n) is 9.28. The average Bonchev–Trinajstić information content (AvgIpc) is 2.39. The summed E-state index contributed by atoms with van der Waals surface area (Å²) in [5.74, 6) is -0.547. The van der Waals surface area contributed by atoms with E-state index in [0.717, 1.165) is 0 Å². The van der Waals surface area contributed by atoms with Gasteiger partial charge in [0.05, 0.1) is 22.9 Å². The summed E-state index contributed by atoms with van der Waals surface area (Å²) in [6, 6.07) is 4.16. The van der Waals surface area contributed by atoms with E-state index < -0.39 is 10.8 Å². The first-order chi connectivity index (χ1) is 9.09. The summed E-state index contributed by atoms with van der Waals surface area (Å²) in [4.78, 5) is 25.9. The smallest absolute Gasteiger partial charge is 0.284 e. The van der Waals surface area contributed by atoms with Gasteiger partial charge in [0.25, 0.3) is 11.6 Å². The van der Waals surface area contributed by atoms with E-state index in [-0.39, 0.29) is 21.7 Å². The highest BCUT2D eigenvalue weighted by atomic mass is 79.9. The van der Waals surface area contributed by atoms with Gasteiger partial charge >= 0.3 is 0 Å². The number of nitro benzene ring substituents is 1. The van der Waals surface area contributed by atoms with Crippen LogP contribution in [0.4, 0.5) is 11.6 Å². The third-order valence-electron chi connectivity index (χ3n) is 2.13. The highest BCUT2D eigenvalue weighted by Gasteiger charge is 2.19. The second kappa shape index (κ2) is 5.48. The Balaban J connectivity index is 2.30. The Bertz CT molecular complexity index is 634. The summed E-state index contributed by atoms with van der Waals surface area (Å²) in [5.41, 5.74) is -0.0820. The van der Waals surface area contributed by atoms with Crippen molar-refractivity contribution in [2.24, 2.45) is 0 Å². The van der Waals surface area contributed by atoms with Crippen molar-refractivity contribution in [2.75, 3.05) is 5.32 Å². The lowest BCUT2D eigenvalue weighted by Crippen LogP contribution is -2.15. The number of carbonyl (C=O) groups excluding carboxylic acids is 1. The molecule has 1 aromatic carbocycles. The number of anilines is 1. The topological polar surface area (TPSA) is 111 Å². The van der Waals surface area contributed by atoms with Gasteiger partial charge < -0.3 is 0 Å². The average molecular weight is 324 g/mol. The van der Waals surface area contributed by atoms with Crippen molar-refractivity contribution < 1.29 is 9.72 Å². The zero-order valence-corrected chi connectivity index (χ0v) is 10.9. The molecule has 1 aromatic heterocycles. The van der Waals surface area contributed by atoms with Crippen molar-refractivity contribution in [3.8, 4) is 0 Å². The molecule has 0 bridgehead atoms. The molecule has 0 aliphatic heterocycles. The lowest BCUT2D eigenvalue weighted by molar-refractivity contribution is -0.385. The van der Waals surface area contributed by atoms with Crippen LogP contribution in [0.5, 0.6) is 0 Å². The number of aromatic nitrogens is 3. The van der Waals surface area contributed by atoms with Gasteiger partial charge in [-0.25, -0.2) is 4.98 Å². The number of hydrogen-bond donors (Lipinski definition) is 1. The first-order valence-corrected chi connectivity index (χ1v) is 5.77. The van der Waals surface area contributed by atoms with Crippen LogP contribution in [0.2, 0.25) is 0 Å². The maximum Gasteiger partial charge on any atom is 0.284 e. The molecule has 2 rings (SSSR count). The van der Waals surface area contributed by atoms with Crippen LogP contribution >= 0.6 is 15.9 Å². The minimum Gasteiger partial charge on any atom is -0.289 e. The van der Waals surface area contributed by atoms with E-state index in [1.807, 2.05) is 0 Å². The quantitative estimate of drug-likeness (QED) is 0.681. The third-order valence-corrected chi connectivity index (χ3v) is 2.96. The molecule has 2 aromatic rings. The Kier molecular flexibility index (Phi) is 3.76. The van der Waals surface area contributed by atoms with Crippen molar-refractivity contribution >= 4 is 33.5 Å². The van der Waals surface area contributed by atoms with Crippen LogP contribution in [0.3, 0.4) is 0 Å². The number of hydrogen-bond acceptors (Lipinski definition) is 6. The Morgan fingerprint density at radius 2 is 2.16 bits per heavy atom. The van der Waals surface area contributed by atoms with Gasteiger partial charge in [0.2, 0.25) is 5.95 Å². The van der Waals surface area contributed by atoms with E-state index >= 15 is 0 Å². The molecule has 9 heteroatoms. The molecule has 1 heterocycles. The number of nitrogens with zero attached hydrogens (tertiary/aromatic N) is 4. The van der Waals surface area contributed by atoms with Gasteiger partial charge in [-0.3, -0.25) is 20.2 Å². The summed E-state index contributed by atoms with van der Waals surface area (Å²) in [6.07, 6.45) is 2.73. The van der Waals surface area contributed by atoms with E-state index in [1.54, 1.807) is 0 Å². The van der Waals surface area contributed by atoms with Gasteiger partial charge in [-0.15, -0.1) is 5.10 Å². The maximum atomic E-state index is 11.9. The third kappa shape index (κ3) is 2.88. The predicted molar refractivity (Wildman–Crippen MR) is 68.6 cm³/mol. The van der Waals surface area contributed by atoms with E-state index in [0.29, 0.717) is 0 Å². The molecular weight excluding hydrogens is 318 g/mol.